The lowest BCUT2D eigenvalue weighted by molar-refractivity contribution is 0.252. The fourth-order valence-electron chi connectivity index (χ4n) is 2.80. The third kappa shape index (κ3) is 3.38. The summed E-state index contributed by atoms with van der Waals surface area (Å²) in [5.41, 5.74) is 1.38. The minimum Gasteiger partial charge on any atom is -0.493 e. The maximum Gasteiger partial charge on any atom is 0.122 e. The van der Waals surface area contributed by atoms with Gasteiger partial charge in [-0.3, -0.25) is 0 Å². The number of ether oxygens (including phenoxy) is 1. The van der Waals surface area contributed by atoms with Crippen LogP contribution in [0.5, 0.6) is 5.75 Å². The Morgan fingerprint density at radius 1 is 1.35 bits per heavy atom. The van der Waals surface area contributed by atoms with Gasteiger partial charge in [-0.2, -0.15) is 0 Å². The Balaban J connectivity index is 2.03. The lowest BCUT2D eigenvalue weighted by Crippen LogP contribution is -2.17. The number of hydrogen-bond acceptors (Lipinski definition) is 1. The van der Waals surface area contributed by atoms with E-state index < -0.39 is 0 Å². The molecule has 1 aliphatic heterocycles. The van der Waals surface area contributed by atoms with Crippen LogP contribution in [0.4, 0.5) is 0 Å². The highest BCUT2D eigenvalue weighted by Gasteiger charge is 2.23. The van der Waals surface area contributed by atoms with Crippen LogP contribution in [0.25, 0.3) is 0 Å². The van der Waals surface area contributed by atoms with E-state index in [0.29, 0.717) is 11.8 Å². The van der Waals surface area contributed by atoms with Gasteiger partial charge in [0, 0.05) is 5.38 Å². The molecular formula is C15H21ClO. The van der Waals surface area contributed by atoms with Gasteiger partial charge in [0.1, 0.15) is 5.75 Å². The normalized spacial score (nSPS) is 22.4. The molecule has 2 heteroatoms. The van der Waals surface area contributed by atoms with Gasteiger partial charge in [-0.25, -0.2) is 0 Å². The van der Waals surface area contributed by atoms with Crippen molar-refractivity contribution in [3.63, 3.8) is 0 Å². The molecule has 1 aromatic carbocycles. The predicted molar refractivity (Wildman–Crippen MR) is 73.0 cm³/mol. The number of hydrogen-bond donors (Lipinski definition) is 0. The van der Waals surface area contributed by atoms with Crippen LogP contribution in [-0.4, -0.2) is 12.0 Å². The van der Waals surface area contributed by atoms with E-state index in [1.165, 1.54) is 12.0 Å². The molecule has 0 saturated heterocycles. The Morgan fingerprint density at radius 2 is 2.12 bits per heavy atom. The van der Waals surface area contributed by atoms with Crippen molar-refractivity contribution in [3.8, 4) is 5.75 Å². The number of rotatable bonds is 4. The Hall–Kier alpha value is -0.690. The van der Waals surface area contributed by atoms with E-state index in [2.05, 4.69) is 32.0 Å². The van der Waals surface area contributed by atoms with Crippen LogP contribution in [0.2, 0.25) is 0 Å². The van der Waals surface area contributed by atoms with Gasteiger partial charge in [0.15, 0.2) is 0 Å². The van der Waals surface area contributed by atoms with Crippen LogP contribution < -0.4 is 4.74 Å². The van der Waals surface area contributed by atoms with Gasteiger partial charge in [0.25, 0.3) is 0 Å². The highest BCUT2D eigenvalue weighted by atomic mass is 35.5. The maximum atomic E-state index is 6.07. The lowest BCUT2D eigenvalue weighted by atomic mass is 9.84. The molecule has 0 amide bonds. The second kappa shape index (κ2) is 5.77. The SMILES string of the molecule is CC(Cl)CC(C)CC1CCOc2ccccc21. The molecule has 0 radical (unpaired) electrons. The van der Waals surface area contributed by atoms with E-state index in [4.69, 9.17) is 16.3 Å². The summed E-state index contributed by atoms with van der Waals surface area (Å²) in [5.74, 6) is 2.40. The number of alkyl halides is 1. The summed E-state index contributed by atoms with van der Waals surface area (Å²) in [4.78, 5) is 0. The first-order valence-electron chi connectivity index (χ1n) is 6.52. The van der Waals surface area contributed by atoms with Gasteiger partial charge in [0.05, 0.1) is 6.61 Å². The number of fused-ring (bicyclic) bond motifs is 1. The summed E-state index contributed by atoms with van der Waals surface area (Å²) >= 11 is 6.07. The van der Waals surface area contributed by atoms with Crippen LogP contribution >= 0.6 is 11.6 Å². The number of benzene rings is 1. The first-order chi connectivity index (χ1) is 8.16. The van der Waals surface area contributed by atoms with Crippen LogP contribution in [0.15, 0.2) is 24.3 Å². The lowest BCUT2D eigenvalue weighted by Gasteiger charge is -2.28. The highest BCUT2D eigenvalue weighted by Crippen LogP contribution is 2.38. The van der Waals surface area contributed by atoms with Gasteiger partial charge in [-0.05, 0) is 49.7 Å². The first kappa shape index (κ1) is 12.8. The minimum absolute atomic E-state index is 0.278. The summed E-state index contributed by atoms with van der Waals surface area (Å²) in [6, 6.07) is 8.44. The predicted octanol–water partition coefficient (Wildman–Crippen LogP) is 4.60. The van der Waals surface area contributed by atoms with Crippen molar-refractivity contribution < 1.29 is 4.74 Å². The van der Waals surface area contributed by atoms with Gasteiger partial charge in [-0.1, -0.05) is 25.1 Å². The number of para-hydroxylation sites is 1. The van der Waals surface area contributed by atoms with Crippen LogP contribution in [0.1, 0.15) is 44.6 Å². The van der Waals surface area contributed by atoms with Crippen LogP contribution in [0, 0.1) is 5.92 Å². The summed E-state index contributed by atoms with van der Waals surface area (Å²) < 4.78 is 5.69. The fraction of sp³-hybridized carbons (Fsp3) is 0.600. The molecule has 0 aliphatic carbocycles. The molecule has 1 aliphatic rings. The Bertz CT molecular complexity index is 362. The molecule has 94 valence electrons. The average Bonchev–Trinajstić information content (AvgIpc) is 2.28. The van der Waals surface area contributed by atoms with E-state index in [-0.39, 0.29) is 5.38 Å². The zero-order valence-corrected chi connectivity index (χ0v) is 11.4. The van der Waals surface area contributed by atoms with Crippen molar-refractivity contribution in [2.45, 2.75) is 44.4 Å². The Morgan fingerprint density at radius 3 is 2.88 bits per heavy atom. The van der Waals surface area contributed by atoms with E-state index in [9.17, 15) is 0 Å². The highest BCUT2D eigenvalue weighted by molar-refractivity contribution is 6.20. The molecule has 3 unspecified atom stereocenters. The molecule has 0 saturated carbocycles. The Labute approximate surface area is 109 Å². The number of halogens is 1. The van der Waals surface area contributed by atoms with E-state index >= 15 is 0 Å². The standard InChI is InChI=1S/C15H21ClO/c1-11(9-12(2)16)10-13-7-8-17-15-6-4-3-5-14(13)15/h3-6,11-13H,7-10H2,1-2H3. The smallest absolute Gasteiger partial charge is 0.122 e. The third-order valence-corrected chi connectivity index (χ3v) is 3.67. The zero-order chi connectivity index (χ0) is 12.3. The minimum atomic E-state index is 0.278. The molecule has 0 fully saturated rings. The monoisotopic (exact) mass is 252 g/mol. The van der Waals surface area contributed by atoms with Crippen molar-refractivity contribution >= 4 is 11.6 Å². The topological polar surface area (TPSA) is 9.23 Å². The summed E-state index contributed by atoms with van der Waals surface area (Å²) in [6.07, 6.45) is 3.45. The fourth-order valence-corrected chi connectivity index (χ4v) is 3.10. The molecule has 0 spiro atoms. The third-order valence-electron chi connectivity index (χ3n) is 3.50. The molecule has 2 rings (SSSR count). The van der Waals surface area contributed by atoms with Crippen molar-refractivity contribution in [1.82, 2.24) is 0 Å². The second-order valence-corrected chi connectivity index (χ2v) is 5.97. The van der Waals surface area contributed by atoms with E-state index in [1.54, 1.807) is 0 Å². The van der Waals surface area contributed by atoms with E-state index in [0.717, 1.165) is 25.2 Å². The summed E-state index contributed by atoms with van der Waals surface area (Å²) in [6.45, 7) is 5.23. The van der Waals surface area contributed by atoms with Crippen LogP contribution in [0.3, 0.4) is 0 Å². The van der Waals surface area contributed by atoms with Crippen molar-refractivity contribution in [1.29, 1.82) is 0 Å². The zero-order valence-electron chi connectivity index (χ0n) is 10.7. The quantitative estimate of drug-likeness (QED) is 0.712. The molecule has 0 N–H and O–H groups in total. The summed E-state index contributed by atoms with van der Waals surface area (Å²) in [7, 11) is 0. The molecule has 1 heterocycles. The van der Waals surface area contributed by atoms with Crippen LogP contribution in [-0.2, 0) is 0 Å². The van der Waals surface area contributed by atoms with Gasteiger partial charge >= 0.3 is 0 Å². The molecule has 0 bridgehead atoms. The van der Waals surface area contributed by atoms with E-state index in [1.807, 2.05) is 6.07 Å². The van der Waals surface area contributed by atoms with Crippen molar-refractivity contribution in [2.75, 3.05) is 6.61 Å². The largest absolute Gasteiger partial charge is 0.493 e. The van der Waals surface area contributed by atoms with Gasteiger partial charge in [-0.15, -0.1) is 11.6 Å². The first-order valence-corrected chi connectivity index (χ1v) is 6.96. The molecule has 17 heavy (non-hydrogen) atoms. The van der Waals surface area contributed by atoms with Gasteiger partial charge in [0.2, 0.25) is 0 Å². The molecule has 1 aromatic rings. The molecule has 1 nitrogen and oxygen atoms in total. The van der Waals surface area contributed by atoms with Crippen molar-refractivity contribution in [2.24, 2.45) is 5.92 Å². The second-order valence-electron chi connectivity index (χ2n) is 5.23. The summed E-state index contributed by atoms with van der Waals surface area (Å²) in [5, 5.41) is 0.278. The maximum absolute atomic E-state index is 6.07. The Kier molecular flexibility index (Phi) is 4.33. The molecule has 3 atom stereocenters. The van der Waals surface area contributed by atoms with Gasteiger partial charge < -0.3 is 4.74 Å². The molecular weight excluding hydrogens is 232 g/mol. The molecule has 0 aromatic heterocycles. The average molecular weight is 253 g/mol. The van der Waals surface area contributed by atoms with Crippen molar-refractivity contribution in [3.05, 3.63) is 29.8 Å².